The highest BCUT2D eigenvalue weighted by molar-refractivity contribution is 5.94. The van der Waals surface area contributed by atoms with Crippen molar-refractivity contribution >= 4 is 17.5 Å². The first-order valence-corrected chi connectivity index (χ1v) is 12.3. The summed E-state index contributed by atoms with van der Waals surface area (Å²) in [7, 11) is 4.11. The molecule has 0 aliphatic carbocycles. The van der Waals surface area contributed by atoms with Crippen LogP contribution in [0.15, 0.2) is 36.5 Å². The molecule has 2 aliphatic heterocycles. The van der Waals surface area contributed by atoms with Gasteiger partial charge in [0.05, 0.1) is 0 Å². The summed E-state index contributed by atoms with van der Waals surface area (Å²) in [6, 6.07) is 10.9. The number of nitrogens with zero attached hydrogens (tertiary/aromatic N) is 5. The van der Waals surface area contributed by atoms with Crippen molar-refractivity contribution in [1.82, 2.24) is 19.6 Å². The summed E-state index contributed by atoms with van der Waals surface area (Å²) in [5, 5.41) is 4.23. The van der Waals surface area contributed by atoms with Crippen LogP contribution < -0.4 is 4.90 Å². The van der Waals surface area contributed by atoms with E-state index in [-0.39, 0.29) is 11.8 Å². The van der Waals surface area contributed by atoms with E-state index in [1.54, 1.807) is 6.20 Å². The molecule has 2 unspecified atom stereocenters. The van der Waals surface area contributed by atoms with E-state index in [1.165, 1.54) is 6.42 Å². The Morgan fingerprint density at radius 3 is 2.58 bits per heavy atom. The van der Waals surface area contributed by atoms with Gasteiger partial charge in [0.15, 0.2) is 0 Å². The number of carbonyl (C=O) groups is 2. The van der Waals surface area contributed by atoms with Gasteiger partial charge in [-0.1, -0.05) is 31.5 Å². The number of carbonyl (C=O) groups excluding carboxylic acids is 2. The first-order valence-electron chi connectivity index (χ1n) is 12.3. The van der Waals surface area contributed by atoms with E-state index < -0.39 is 0 Å². The van der Waals surface area contributed by atoms with E-state index in [1.807, 2.05) is 52.7 Å². The number of hydrogen-bond donors (Lipinski definition) is 0. The summed E-state index contributed by atoms with van der Waals surface area (Å²) in [6.07, 6.45) is 7.78. The molecule has 1 aromatic heterocycles. The molecule has 33 heavy (non-hydrogen) atoms. The van der Waals surface area contributed by atoms with Crippen LogP contribution in [-0.2, 0) is 29.6 Å². The Kier molecular flexibility index (Phi) is 7.48. The molecule has 2 aromatic rings. The van der Waals surface area contributed by atoms with E-state index in [2.05, 4.69) is 23.1 Å². The minimum atomic E-state index is 0.144. The molecule has 7 heteroatoms. The lowest BCUT2D eigenvalue weighted by molar-refractivity contribution is -0.133. The molecule has 2 aliphatic rings. The largest absolute Gasteiger partial charge is 0.337 e. The molecule has 0 N–H and O–H groups in total. The lowest BCUT2D eigenvalue weighted by Gasteiger charge is -2.42. The number of hydrogen-bond acceptors (Lipinski definition) is 4. The maximum atomic E-state index is 13.5. The van der Waals surface area contributed by atoms with Crippen LogP contribution in [0.5, 0.6) is 0 Å². The minimum Gasteiger partial charge on any atom is -0.337 e. The zero-order chi connectivity index (χ0) is 23.4. The van der Waals surface area contributed by atoms with E-state index >= 15 is 0 Å². The number of aromatic nitrogens is 2. The highest BCUT2D eigenvalue weighted by Crippen LogP contribution is 2.30. The number of anilines is 1. The van der Waals surface area contributed by atoms with Gasteiger partial charge in [0.1, 0.15) is 0 Å². The van der Waals surface area contributed by atoms with E-state index in [0.717, 1.165) is 49.3 Å². The van der Waals surface area contributed by atoms with Gasteiger partial charge in [0, 0.05) is 69.2 Å². The molecule has 3 heterocycles. The average Bonchev–Trinajstić information content (AvgIpc) is 3.23. The Morgan fingerprint density at radius 2 is 1.82 bits per heavy atom. The van der Waals surface area contributed by atoms with Gasteiger partial charge in [-0.3, -0.25) is 19.2 Å². The quantitative estimate of drug-likeness (QED) is 0.715. The molecular weight excluding hydrogens is 414 g/mol. The summed E-state index contributed by atoms with van der Waals surface area (Å²) in [5.74, 6) is 0.305. The van der Waals surface area contributed by atoms with Crippen molar-refractivity contribution in [2.75, 3.05) is 25.0 Å². The van der Waals surface area contributed by atoms with Crippen molar-refractivity contribution in [2.45, 2.75) is 70.5 Å². The third kappa shape index (κ3) is 5.29. The Morgan fingerprint density at radius 1 is 1.03 bits per heavy atom. The van der Waals surface area contributed by atoms with Crippen molar-refractivity contribution in [3.8, 4) is 0 Å². The molecule has 7 nitrogen and oxygen atoms in total. The van der Waals surface area contributed by atoms with Gasteiger partial charge in [-0.2, -0.15) is 5.10 Å². The molecule has 1 aromatic carbocycles. The number of para-hydroxylation sites is 1. The topological polar surface area (TPSA) is 61.7 Å². The predicted molar refractivity (Wildman–Crippen MR) is 130 cm³/mol. The normalized spacial score (nSPS) is 21.9. The van der Waals surface area contributed by atoms with Crippen LogP contribution in [0.25, 0.3) is 0 Å². The van der Waals surface area contributed by atoms with Gasteiger partial charge in [0.2, 0.25) is 11.8 Å². The number of piperidine rings is 1. The van der Waals surface area contributed by atoms with Crippen LogP contribution in [0.2, 0.25) is 0 Å². The van der Waals surface area contributed by atoms with Crippen molar-refractivity contribution in [3.63, 3.8) is 0 Å². The van der Waals surface area contributed by atoms with Gasteiger partial charge in [0.25, 0.3) is 0 Å². The zero-order valence-electron chi connectivity index (χ0n) is 20.2. The summed E-state index contributed by atoms with van der Waals surface area (Å²) < 4.78 is 1.84. The van der Waals surface area contributed by atoms with Crippen molar-refractivity contribution in [3.05, 3.63) is 47.8 Å². The lowest BCUT2D eigenvalue weighted by Crippen LogP contribution is -2.50. The fraction of sp³-hybridized carbons (Fsp3) is 0.577. The smallest absolute Gasteiger partial charge is 0.226 e. The van der Waals surface area contributed by atoms with Gasteiger partial charge in [-0.15, -0.1) is 0 Å². The highest BCUT2D eigenvalue weighted by atomic mass is 16.2. The zero-order valence-corrected chi connectivity index (χ0v) is 20.2. The summed E-state index contributed by atoms with van der Waals surface area (Å²) in [4.78, 5) is 32.9. The number of aryl methyl sites for hydroxylation is 2. The second-order valence-corrected chi connectivity index (χ2v) is 9.44. The lowest BCUT2D eigenvalue weighted by atomic mass is 9.93. The first-order chi connectivity index (χ1) is 16.0. The van der Waals surface area contributed by atoms with Gasteiger partial charge in [-0.25, -0.2) is 0 Å². The van der Waals surface area contributed by atoms with E-state index in [0.29, 0.717) is 37.9 Å². The third-order valence-electron chi connectivity index (χ3n) is 7.46. The Hall–Kier alpha value is -2.67. The van der Waals surface area contributed by atoms with Crippen LogP contribution in [0, 0.1) is 0 Å². The molecule has 0 radical (unpaired) electrons. The van der Waals surface area contributed by atoms with Crippen molar-refractivity contribution in [1.29, 1.82) is 0 Å². The number of amides is 2. The number of fused-ring (bicyclic) bond motifs is 3. The van der Waals surface area contributed by atoms with Gasteiger partial charge < -0.3 is 9.80 Å². The molecular formula is C26H37N5O2. The van der Waals surface area contributed by atoms with Gasteiger partial charge >= 0.3 is 0 Å². The SMILES string of the molecule is CCC(=O)N1CCC2CCCC(CN(C(=O)CCc3ccnn3C)Cc3ccccc31)N2C. The second kappa shape index (κ2) is 10.5. The highest BCUT2D eigenvalue weighted by Gasteiger charge is 2.32. The molecule has 4 rings (SSSR count). The van der Waals surface area contributed by atoms with E-state index in [4.69, 9.17) is 0 Å². The Labute approximate surface area is 197 Å². The summed E-state index contributed by atoms with van der Waals surface area (Å²) >= 11 is 0. The summed E-state index contributed by atoms with van der Waals surface area (Å²) in [6.45, 7) is 3.91. The maximum absolute atomic E-state index is 13.5. The Balaban J connectivity index is 1.64. The Bertz CT molecular complexity index is 971. The second-order valence-electron chi connectivity index (χ2n) is 9.44. The molecule has 1 saturated heterocycles. The average molecular weight is 452 g/mol. The van der Waals surface area contributed by atoms with Crippen LogP contribution >= 0.6 is 0 Å². The third-order valence-corrected chi connectivity index (χ3v) is 7.46. The van der Waals surface area contributed by atoms with Crippen LogP contribution in [0.4, 0.5) is 5.69 Å². The van der Waals surface area contributed by atoms with Gasteiger partial charge in [-0.05, 0) is 50.4 Å². The monoisotopic (exact) mass is 451 g/mol. The fourth-order valence-corrected chi connectivity index (χ4v) is 5.37. The molecule has 2 bridgehead atoms. The van der Waals surface area contributed by atoms with Crippen LogP contribution in [0.3, 0.4) is 0 Å². The standard InChI is InChI=1S/C26H37N5O2/c1-4-25(32)31-17-15-21-9-7-10-23(28(21)2)19-30(18-20-8-5-6-11-24(20)31)26(33)13-12-22-14-16-27-29(22)3/h5-6,8,11,14,16,21,23H,4,7,9-10,12-13,15,17-19H2,1-3H3. The van der Waals surface area contributed by atoms with Crippen molar-refractivity contribution in [2.24, 2.45) is 7.05 Å². The molecule has 0 saturated carbocycles. The fourth-order valence-electron chi connectivity index (χ4n) is 5.37. The molecule has 2 amide bonds. The molecule has 0 spiro atoms. The van der Waals surface area contributed by atoms with Crippen LogP contribution in [0.1, 0.15) is 56.7 Å². The first kappa shape index (κ1) is 23.5. The maximum Gasteiger partial charge on any atom is 0.226 e. The van der Waals surface area contributed by atoms with Crippen molar-refractivity contribution < 1.29 is 9.59 Å². The van der Waals surface area contributed by atoms with E-state index in [9.17, 15) is 9.59 Å². The number of rotatable bonds is 4. The number of benzene rings is 1. The summed E-state index contributed by atoms with van der Waals surface area (Å²) in [5.41, 5.74) is 3.07. The molecule has 1 fully saturated rings. The molecule has 178 valence electrons. The minimum absolute atomic E-state index is 0.144. The van der Waals surface area contributed by atoms with Crippen LogP contribution in [-0.4, -0.2) is 63.6 Å². The number of likely N-dealkylation sites (N-methyl/N-ethyl adjacent to an activating group) is 1. The molecule has 2 atom stereocenters. The predicted octanol–water partition coefficient (Wildman–Crippen LogP) is 3.38.